The number of carbonyl (C=O) groups excluding carboxylic acids is 3. The van der Waals surface area contributed by atoms with Gasteiger partial charge in [0.1, 0.15) is 0 Å². The molecule has 164 valence electrons. The lowest BCUT2D eigenvalue weighted by Gasteiger charge is -2.37. The van der Waals surface area contributed by atoms with Crippen LogP contribution in [0.5, 0.6) is 0 Å². The number of carbonyl (C=O) groups is 3. The van der Waals surface area contributed by atoms with E-state index < -0.39 is 0 Å². The van der Waals surface area contributed by atoms with E-state index in [1.54, 1.807) is 6.92 Å². The highest BCUT2D eigenvalue weighted by Crippen LogP contribution is 2.44. The van der Waals surface area contributed by atoms with Crippen LogP contribution in [0.15, 0.2) is 46.9 Å². The van der Waals surface area contributed by atoms with Crippen LogP contribution >= 0.6 is 11.8 Å². The third kappa shape index (κ3) is 3.80. The highest BCUT2D eigenvalue weighted by atomic mass is 32.2. The molecule has 1 aromatic carbocycles. The zero-order chi connectivity index (χ0) is 22.1. The number of hydrogen-bond donors (Lipinski definition) is 0. The largest absolute Gasteiger partial charge is 0.489 e. The fourth-order valence-corrected chi connectivity index (χ4v) is 5.81. The Morgan fingerprint density at radius 1 is 1.03 bits per heavy atom. The van der Waals surface area contributed by atoms with Crippen LogP contribution in [0.4, 0.5) is 0 Å². The van der Waals surface area contributed by atoms with Gasteiger partial charge in [-0.25, -0.2) is 0 Å². The van der Waals surface area contributed by atoms with E-state index in [0.717, 1.165) is 35.7 Å². The molecule has 0 saturated carbocycles. The summed E-state index contributed by atoms with van der Waals surface area (Å²) < 4.78 is 10.5. The molecule has 0 aromatic heterocycles. The van der Waals surface area contributed by atoms with E-state index in [4.69, 9.17) is 9.47 Å². The van der Waals surface area contributed by atoms with Gasteiger partial charge in [-0.1, -0.05) is 24.3 Å². The van der Waals surface area contributed by atoms with Crippen molar-refractivity contribution in [1.29, 1.82) is 0 Å². The SMILES string of the molecule is COC1=C(OC)C(=O)C([C@H]2C[C@@H](C(=O)N3CCSCC3)Cc3ccccc32)=C(C)C1=O. The molecule has 7 heteroatoms. The molecule has 1 saturated heterocycles. The first kappa shape index (κ1) is 21.7. The van der Waals surface area contributed by atoms with Crippen LogP contribution in [-0.4, -0.2) is 61.2 Å². The van der Waals surface area contributed by atoms with E-state index in [2.05, 4.69) is 0 Å². The van der Waals surface area contributed by atoms with Crippen molar-refractivity contribution >= 4 is 29.2 Å². The van der Waals surface area contributed by atoms with Crippen molar-refractivity contribution in [1.82, 2.24) is 4.90 Å². The summed E-state index contributed by atoms with van der Waals surface area (Å²) in [6.07, 6.45) is 1.16. The molecule has 2 aliphatic carbocycles. The predicted octanol–water partition coefficient (Wildman–Crippen LogP) is 2.88. The molecule has 6 nitrogen and oxygen atoms in total. The molecule has 1 aromatic rings. The molecule has 4 rings (SSSR count). The number of hydrogen-bond acceptors (Lipinski definition) is 6. The van der Waals surface area contributed by atoms with Crippen LogP contribution < -0.4 is 0 Å². The van der Waals surface area contributed by atoms with Crippen LogP contribution in [0.2, 0.25) is 0 Å². The molecule has 1 aliphatic heterocycles. The minimum atomic E-state index is -0.340. The molecule has 0 N–H and O–H groups in total. The molecular weight excluding hydrogens is 414 g/mol. The summed E-state index contributed by atoms with van der Waals surface area (Å²) in [7, 11) is 2.73. The molecule has 0 unspecified atom stereocenters. The van der Waals surface area contributed by atoms with Gasteiger partial charge >= 0.3 is 0 Å². The van der Waals surface area contributed by atoms with Gasteiger partial charge in [0.05, 0.1) is 14.2 Å². The third-order valence-corrected chi connectivity index (χ3v) is 7.40. The van der Waals surface area contributed by atoms with Gasteiger partial charge in [0.25, 0.3) is 0 Å². The van der Waals surface area contributed by atoms with Crippen molar-refractivity contribution in [3.8, 4) is 0 Å². The molecule has 3 aliphatic rings. The zero-order valence-corrected chi connectivity index (χ0v) is 18.9. The minimum absolute atomic E-state index is 0.0590. The normalized spacial score (nSPS) is 24.3. The molecule has 0 bridgehead atoms. The summed E-state index contributed by atoms with van der Waals surface area (Å²) in [6.45, 7) is 3.19. The quantitative estimate of drug-likeness (QED) is 0.669. The van der Waals surface area contributed by atoms with E-state index >= 15 is 0 Å². The Balaban J connectivity index is 1.74. The van der Waals surface area contributed by atoms with Gasteiger partial charge in [0.15, 0.2) is 0 Å². The number of Topliss-reactive ketones (excluding diaryl/α,β-unsaturated/α-hetero) is 2. The van der Waals surface area contributed by atoms with Crippen LogP contribution in [0, 0.1) is 5.92 Å². The second-order valence-electron chi connectivity index (χ2n) is 8.09. The lowest BCUT2D eigenvalue weighted by atomic mass is 9.70. The Kier molecular flexibility index (Phi) is 6.23. The van der Waals surface area contributed by atoms with Gasteiger partial charge < -0.3 is 14.4 Å². The Labute approximate surface area is 186 Å². The van der Waals surface area contributed by atoms with E-state index in [-0.39, 0.29) is 40.8 Å². The van der Waals surface area contributed by atoms with Crippen LogP contribution in [0.3, 0.4) is 0 Å². The standard InChI is InChI=1S/C24H27NO5S/c1-14-19(21(27)23(30-3)22(29-2)20(14)26)18-13-16(12-15-6-4-5-7-17(15)18)24(28)25-8-10-31-11-9-25/h4-7,16,18H,8-13H2,1-3H3/t16-,18-/m0/s1. The Hall–Kier alpha value is -2.54. The molecule has 1 heterocycles. The maximum Gasteiger partial charge on any atom is 0.228 e. The number of ether oxygens (including phenoxy) is 2. The van der Waals surface area contributed by atoms with Gasteiger partial charge in [0.2, 0.25) is 29.0 Å². The molecule has 1 amide bonds. The monoisotopic (exact) mass is 441 g/mol. The highest BCUT2D eigenvalue weighted by Gasteiger charge is 2.42. The number of rotatable bonds is 4. The summed E-state index contributed by atoms with van der Waals surface area (Å²) in [5.41, 5.74) is 2.85. The maximum absolute atomic E-state index is 13.4. The zero-order valence-electron chi connectivity index (χ0n) is 18.1. The topological polar surface area (TPSA) is 72.9 Å². The van der Waals surface area contributed by atoms with Gasteiger partial charge in [0, 0.05) is 47.6 Å². The number of thioether (sulfide) groups is 1. The first-order valence-corrected chi connectivity index (χ1v) is 11.7. The summed E-state index contributed by atoms with van der Waals surface area (Å²) in [6, 6.07) is 7.91. The Morgan fingerprint density at radius 3 is 2.35 bits per heavy atom. The molecule has 1 fully saturated rings. The van der Waals surface area contributed by atoms with Crippen LogP contribution in [0.1, 0.15) is 30.4 Å². The fraction of sp³-hybridized carbons (Fsp3) is 0.458. The van der Waals surface area contributed by atoms with Gasteiger partial charge in [-0.05, 0) is 30.9 Å². The average molecular weight is 442 g/mol. The second-order valence-corrected chi connectivity index (χ2v) is 9.31. The molecule has 2 atom stereocenters. The fourth-order valence-electron chi connectivity index (χ4n) is 4.91. The van der Waals surface area contributed by atoms with Gasteiger partial charge in [-0.2, -0.15) is 11.8 Å². The van der Waals surface area contributed by atoms with Crippen molar-refractivity contribution in [3.63, 3.8) is 0 Å². The summed E-state index contributed by atoms with van der Waals surface area (Å²) in [4.78, 5) is 41.6. The lowest BCUT2D eigenvalue weighted by Crippen LogP contribution is -2.44. The number of allylic oxidation sites excluding steroid dienone is 2. The molecule has 0 radical (unpaired) electrons. The number of nitrogens with zero attached hydrogens (tertiary/aromatic N) is 1. The summed E-state index contributed by atoms with van der Waals surface area (Å²) in [5.74, 6) is 0.709. The van der Waals surface area contributed by atoms with Crippen molar-refractivity contribution in [2.45, 2.75) is 25.7 Å². The number of fused-ring (bicyclic) bond motifs is 1. The Bertz CT molecular complexity index is 989. The van der Waals surface area contributed by atoms with Crippen molar-refractivity contribution in [3.05, 3.63) is 58.1 Å². The van der Waals surface area contributed by atoms with E-state index in [0.29, 0.717) is 24.0 Å². The van der Waals surface area contributed by atoms with Crippen LogP contribution in [-0.2, 0) is 30.3 Å². The number of ketones is 2. The predicted molar refractivity (Wildman–Crippen MR) is 119 cm³/mol. The van der Waals surface area contributed by atoms with E-state index in [1.165, 1.54) is 14.2 Å². The van der Waals surface area contributed by atoms with E-state index in [1.807, 2.05) is 40.9 Å². The second kappa shape index (κ2) is 8.91. The molecule has 0 spiro atoms. The van der Waals surface area contributed by atoms with Crippen LogP contribution in [0.25, 0.3) is 0 Å². The van der Waals surface area contributed by atoms with Crippen molar-refractivity contribution in [2.75, 3.05) is 38.8 Å². The van der Waals surface area contributed by atoms with Crippen molar-refractivity contribution < 1.29 is 23.9 Å². The van der Waals surface area contributed by atoms with Gasteiger partial charge in [-0.15, -0.1) is 0 Å². The third-order valence-electron chi connectivity index (χ3n) is 6.45. The van der Waals surface area contributed by atoms with Crippen molar-refractivity contribution in [2.24, 2.45) is 5.92 Å². The summed E-state index contributed by atoms with van der Waals surface area (Å²) in [5, 5.41) is 0. The summed E-state index contributed by atoms with van der Waals surface area (Å²) >= 11 is 1.87. The average Bonchev–Trinajstić information content (AvgIpc) is 2.81. The van der Waals surface area contributed by atoms with Gasteiger partial charge in [-0.3, -0.25) is 14.4 Å². The number of amides is 1. The maximum atomic E-state index is 13.4. The van der Waals surface area contributed by atoms with E-state index in [9.17, 15) is 14.4 Å². The first-order chi connectivity index (χ1) is 15.0. The molecular formula is C24H27NO5S. The Morgan fingerprint density at radius 2 is 1.68 bits per heavy atom. The number of benzene rings is 1. The highest BCUT2D eigenvalue weighted by molar-refractivity contribution is 7.99. The minimum Gasteiger partial charge on any atom is -0.489 e. The molecule has 31 heavy (non-hydrogen) atoms. The first-order valence-electron chi connectivity index (χ1n) is 10.5. The smallest absolute Gasteiger partial charge is 0.228 e. The number of methoxy groups -OCH3 is 2. The lowest BCUT2D eigenvalue weighted by molar-refractivity contribution is -0.135.